The van der Waals surface area contributed by atoms with Gasteiger partial charge in [-0.25, -0.2) is 0 Å². The van der Waals surface area contributed by atoms with Crippen molar-refractivity contribution >= 4 is 0 Å². The van der Waals surface area contributed by atoms with Gasteiger partial charge in [0.05, 0.1) is 5.70 Å². The van der Waals surface area contributed by atoms with E-state index in [1.54, 1.807) is 19.2 Å². The topological polar surface area (TPSA) is 24.7 Å². The van der Waals surface area contributed by atoms with E-state index >= 15 is 0 Å². The van der Waals surface area contributed by atoms with E-state index in [0.29, 0.717) is 0 Å². The molecule has 0 aromatic rings. The van der Waals surface area contributed by atoms with Crippen molar-refractivity contribution in [2.75, 3.05) is 7.05 Å². The quantitative estimate of drug-likeness (QED) is 0.384. The fraction of sp³-hybridized carbons (Fsp3) is 0.333. The highest BCUT2D eigenvalue weighted by Crippen LogP contribution is 1.92. The van der Waals surface area contributed by atoms with Crippen molar-refractivity contribution in [1.29, 1.82) is 0 Å². The van der Waals surface area contributed by atoms with Crippen LogP contribution in [0.15, 0.2) is 34.7 Å². The van der Waals surface area contributed by atoms with E-state index < -0.39 is 0 Å². The lowest BCUT2D eigenvalue weighted by atomic mass is 10.4. The van der Waals surface area contributed by atoms with Gasteiger partial charge in [-0.15, -0.1) is 0 Å². The molecule has 0 bridgehead atoms. The van der Waals surface area contributed by atoms with Crippen LogP contribution in [-0.2, 0) is 0 Å². The van der Waals surface area contributed by atoms with E-state index in [2.05, 4.69) is 16.8 Å². The molecule has 2 nitrogen and oxygen atoms in total. The Hall–Kier alpha value is -0.920. The van der Waals surface area contributed by atoms with E-state index in [0.717, 1.165) is 5.70 Å². The van der Waals surface area contributed by atoms with Gasteiger partial charge in [-0.3, -0.25) is 0 Å². The highest BCUT2D eigenvalue weighted by molar-refractivity contribution is 5.05. The highest BCUT2D eigenvalue weighted by atomic mass is 15.1. The third-order valence-electron chi connectivity index (χ3n) is 0.617. The van der Waals surface area contributed by atoms with Crippen molar-refractivity contribution in [1.82, 2.24) is 0 Å². The zero-order valence-corrected chi connectivity index (χ0v) is 5.26. The standard InChI is InChI=1S/C6H10N2/c1-4-5-6(2)8-7-3/h4-5H,1H2,2-3H3/b6-5-,8-7?. The van der Waals surface area contributed by atoms with Gasteiger partial charge in [-0.2, -0.15) is 10.2 Å². The molecular formula is C6H10N2. The summed E-state index contributed by atoms with van der Waals surface area (Å²) in [6.45, 7) is 5.37. The van der Waals surface area contributed by atoms with Crippen LogP contribution in [0, 0.1) is 0 Å². The van der Waals surface area contributed by atoms with Gasteiger partial charge in [0.25, 0.3) is 0 Å². The average molecular weight is 110 g/mol. The summed E-state index contributed by atoms with van der Waals surface area (Å²) in [5.74, 6) is 0. The third kappa shape index (κ3) is 3.28. The predicted molar refractivity (Wildman–Crippen MR) is 34.7 cm³/mol. The maximum atomic E-state index is 3.73. The predicted octanol–water partition coefficient (Wildman–Crippen LogP) is 2.16. The van der Waals surface area contributed by atoms with Crippen molar-refractivity contribution in [3.05, 3.63) is 24.4 Å². The number of rotatable bonds is 2. The molecule has 0 radical (unpaired) electrons. The fourth-order valence-corrected chi connectivity index (χ4v) is 0.362. The van der Waals surface area contributed by atoms with Gasteiger partial charge in [0.15, 0.2) is 0 Å². The van der Waals surface area contributed by atoms with E-state index in [9.17, 15) is 0 Å². The van der Waals surface area contributed by atoms with Crippen LogP contribution in [0.25, 0.3) is 0 Å². The zero-order chi connectivity index (χ0) is 6.41. The fourth-order valence-electron chi connectivity index (χ4n) is 0.362. The Balaban J connectivity index is 3.79. The van der Waals surface area contributed by atoms with Crippen molar-refractivity contribution in [2.45, 2.75) is 6.92 Å². The molecule has 0 rings (SSSR count). The molecule has 0 aliphatic carbocycles. The molecule has 0 heterocycles. The van der Waals surface area contributed by atoms with Crippen LogP contribution < -0.4 is 0 Å². The molecule has 0 fully saturated rings. The molecule has 0 unspecified atom stereocenters. The van der Waals surface area contributed by atoms with Gasteiger partial charge in [-0.05, 0) is 13.0 Å². The normalized spacial score (nSPS) is 12.5. The second-order valence-corrected chi connectivity index (χ2v) is 1.34. The first-order chi connectivity index (χ1) is 3.81. The van der Waals surface area contributed by atoms with Gasteiger partial charge >= 0.3 is 0 Å². The minimum absolute atomic E-state index is 0.877. The molecule has 0 N–H and O–H groups in total. The Morgan fingerprint density at radius 1 is 1.62 bits per heavy atom. The second-order valence-electron chi connectivity index (χ2n) is 1.34. The van der Waals surface area contributed by atoms with Crippen molar-refractivity contribution < 1.29 is 0 Å². The van der Waals surface area contributed by atoms with Crippen LogP contribution in [0.3, 0.4) is 0 Å². The van der Waals surface area contributed by atoms with Gasteiger partial charge in [0, 0.05) is 7.05 Å². The van der Waals surface area contributed by atoms with Gasteiger partial charge < -0.3 is 0 Å². The summed E-state index contributed by atoms with van der Waals surface area (Å²) < 4.78 is 0. The summed E-state index contributed by atoms with van der Waals surface area (Å²) in [6.07, 6.45) is 3.48. The lowest BCUT2D eigenvalue weighted by molar-refractivity contribution is 1.08. The number of nitrogens with zero attached hydrogens (tertiary/aromatic N) is 2. The van der Waals surface area contributed by atoms with Crippen LogP contribution in [0.5, 0.6) is 0 Å². The van der Waals surface area contributed by atoms with E-state index in [1.807, 2.05) is 6.92 Å². The van der Waals surface area contributed by atoms with Crippen molar-refractivity contribution in [2.24, 2.45) is 10.2 Å². The molecule has 0 amide bonds. The van der Waals surface area contributed by atoms with E-state index in [4.69, 9.17) is 0 Å². The number of hydrogen-bond donors (Lipinski definition) is 0. The molecular weight excluding hydrogens is 100 g/mol. The minimum atomic E-state index is 0.877. The maximum Gasteiger partial charge on any atom is 0.0595 e. The lowest BCUT2D eigenvalue weighted by Gasteiger charge is -1.81. The average Bonchev–Trinajstić information content (AvgIpc) is 1.68. The first kappa shape index (κ1) is 7.08. The molecule has 0 aromatic heterocycles. The molecule has 0 atom stereocenters. The van der Waals surface area contributed by atoms with Crippen molar-refractivity contribution in [3.8, 4) is 0 Å². The summed E-state index contributed by atoms with van der Waals surface area (Å²) in [6, 6.07) is 0. The molecule has 8 heavy (non-hydrogen) atoms. The molecule has 0 spiro atoms. The molecule has 2 heteroatoms. The number of allylic oxidation sites excluding steroid dienone is 3. The largest absolute Gasteiger partial charge is 0.192 e. The van der Waals surface area contributed by atoms with E-state index in [1.165, 1.54) is 0 Å². The molecule has 44 valence electrons. The molecule has 0 saturated heterocycles. The van der Waals surface area contributed by atoms with Crippen LogP contribution >= 0.6 is 0 Å². The summed E-state index contributed by atoms with van der Waals surface area (Å²) in [5, 5.41) is 7.29. The summed E-state index contributed by atoms with van der Waals surface area (Å²) in [7, 11) is 1.64. The van der Waals surface area contributed by atoms with Crippen LogP contribution in [0.2, 0.25) is 0 Å². The summed E-state index contributed by atoms with van der Waals surface area (Å²) >= 11 is 0. The summed E-state index contributed by atoms with van der Waals surface area (Å²) in [5.41, 5.74) is 0.877. The Labute approximate surface area is 49.6 Å². The Morgan fingerprint density at radius 2 is 2.25 bits per heavy atom. The van der Waals surface area contributed by atoms with Gasteiger partial charge in [-0.1, -0.05) is 12.7 Å². The van der Waals surface area contributed by atoms with Gasteiger partial charge in [0.1, 0.15) is 0 Å². The van der Waals surface area contributed by atoms with Crippen LogP contribution in [0.4, 0.5) is 0 Å². The Bertz CT molecular complexity index is 122. The zero-order valence-electron chi connectivity index (χ0n) is 5.26. The lowest BCUT2D eigenvalue weighted by Crippen LogP contribution is -1.61. The SMILES string of the molecule is C=C/C=C(/C)N=NC. The summed E-state index contributed by atoms with van der Waals surface area (Å²) in [4.78, 5) is 0. The van der Waals surface area contributed by atoms with Crippen LogP contribution in [-0.4, -0.2) is 7.05 Å². The third-order valence-corrected chi connectivity index (χ3v) is 0.617. The number of hydrogen-bond acceptors (Lipinski definition) is 2. The van der Waals surface area contributed by atoms with Gasteiger partial charge in [0.2, 0.25) is 0 Å². The highest BCUT2D eigenvalue weighted by Gasteiger charge is 1.74. The maximum absolute atomic E-state index is 3.73. The molecule has 0 saturated carbocycles. The smallest absolute Gasteiger partial charge is 0.0595 e. The van der Waals surface area contributed by atoms with E-state index in [-0.39, 0.29) is 0 Å². The van der Waals surface area contributed by atoms with Crippen molar-refractivity contribution in [3.63, 3.8) is 0 Å². The monoisotopic (exact) mass is 110 g/mol. The minimum Gasteiger partial charge on any atom is -0.192 e. The van der Waals surface area contributed by atoms with Crippen LogP contribution in [0.1, 0.15) is 6.92 Å². The second kappa shape index (κ2) is 4.24. The Morgan fingerprint density at radius 3 is 2.62 bits per heavy atom. The number of azo groups is 1. The first-order valence-electron chi connectivity index (χ1n) is 2.40. The first-order valence-corrected chi connectivity index (χ1v) is 2.40. The Kier molecular flexibility index (Phi) is 3.76. The molecule has 0 aliphatic heterocycles. The molecule has 0 aromatic carbocycles. The molecule has 0 aliphatic rings.